The highest BCUT2D eigenvalue weighted by molar-refractivity contribution is 5.82. The summed E-state index contributed by atoms with van der Waals surface area (Å²) in [5, 5.41) is 8.49. The topological polar surface area (TPSA) is 63.6 Å². The zero-order valence-electron chi connectivity index (χ0n) is 14.7. The van der Waals surface area contributed by atoms with Gasteiger partial charge in [-0.15, -0.1) is 0 Å². The molecule has 0 aliphatic rings. The Kier molecular flexibility index (Phi) is 12.1. The van der Waals surface area contributed by atoms with Crippen molar-refractivity contribution in [1.82, 2.24) is 0 Å². The number of ketones is 1. The minimum Gasteiger partial charge on any atom is -0.481 e. The molecule has 0 aromatic carbocycles. The lowest BCUT2D eigenvalue weighted by molar-refractivity contribution is -0.138. The summed E-state index contributed by atoms with van der Waals surface area (Å²) in [4.78, 5) is 21.7. The fourth-order valence-corrected chi connectivity index (χ4v) is 2.23. The number of hydrogen-bond acceptors (Lipinski definition) is 3. The van der Waals surface area contributed by atoms with Crippen LogP contribution in [0.1, 0.15) is 91.4 Å². The minimum absolute atomic E-state index is 0.0259. The normalized spacial score (nSPS) is 11.6. The number of carbonyl (C=O) groups excluding carboxylic acids is 1. The second-order valence-electron chi connectivity index (χ2n) is 6.97. The molecule has 0 saturated heterocycles. The van der Waals surface area contributed by atoms with E-state index in [9.17, 15) is 9.59 Å². The summed E-state index contributed by atoms with van der Waals surface area (Å²) in [7, 11) is 0. The van der Waals surface area contributed by atoms with Crippen molar-refractivity contribution in [2.45, 2.75) is 97.0 Å². The molecule has 4 heteroatoms. The second-order valence-corrected chi connectivity index (χ2v) is 6.97. The van der Waals surface area contributed by atoms with Gasteiger partial charge < -0.3 is 9.84 Å². The monoisotopic (exact) mass is 314 g/mol. The first kappa shape index (κ1) is 21.1. The molecule has 1 N–H and O–H groups in total. The average Bonchev–Trinajstić information content (AvgIpc) is 2.41. The molecule has 0 atom stereocenters. The number of carboxylic acid groups (broad SMARTS) is 1. The maximum Gasteiger partial charge on any atom is 0.303 e. The van der Waals surface area contributed by atoms with Gasteiger partial charge in [0.1, 0.15) is 5.78 Å². The van der Waals surface area contributed by atoms with Gasteiger partial charge in [0.05, 0.1) is 12.0 Å². The summed E-state index contributed by atoms with van der Waals surface area (Å²) in [6.45, 7) is 7.10. The molecule has 0 heterocycles. The van der Waals surface area contributed by atoms with E-state index in [1.807, 2.05) is 0 Å². The summed E-state index contributed by atoms with van der Waals surface area (Å²) in [6, 6.07) is 0. The van der Waals surface area contributed by atoms with Crippen molar-refractivity contribution in [3.8, 4) is 0 Å². The van der Waals surface area contributed by atoms with Gasteiger partial charge in [-0.2, -0.15) is 0 Å². The molecule has 0 aromatic rings. The van der Waals surface area contributed by atoms with Crippen LogP contribution in [-0.4, -0.2) is 29.1 Å². The van der Waals surface area contributed by atoms with Gasteiger partial charge in [0.15, 0.2) is 0 Å². The van der Waals surface area contributed by atoms with Crippen molar-refractivity contribution in [1.29, 1.82) is 0 Å². The van der Waals surface area contributed by atoms with Gasteiger partial charge in [-0.05, 0) is 33.6 Å². The number of carbonyl (C=O) groups is 2. The molecule has 22 heavy (non-hydrogen) atoms. The van der Waals surface area contributed by atoms with Crippen molar-refractivity contribution in [3.63, 3.8) is 0 Å². The summed E-state index contributed by atoms with van der Waals surface area (Å²) >= 11 is 0. The minimum atomic E-state index is -0.888. The third kappa shape index (κ3) is 17.2. The summed E-state index contributed by atoms with van der Waals surface area (Å²) < 4.78 is 5.68. The maximum absolute atomic E-state index is 11.4. The number of unbranched alkanes of at least 4 members (excludes halogenated alkanes) is 7. The maximum atomic E-state index is 11.4. The summed E-state index contributed by atoms with van der Waals surface area (Å²) in [5.41, 5.74) is -0.0259. The Morgan fingerprint density at radius 3 is 1.77 bits per heavy atom. The molecular weight excluding hydrogens is 280 g/mol. The van der Waals surface area contributed by atoms with E-state index in [-0.39, 0.29) is 24.2 Å². The molecule has 0 unspecified atom stereocenters. The van der Waals surface area contributed by atoms with E-state index >= 15 is 0 Å². The first-order valence-electron chi connectivity index (χ1n) is 8.69. The molecule has 4 nitrogen and oxygen atoms in total. The van der Waals surface area contributed by atoms with Crippen molar-refractivity contribution in [2.24, 2.45) is 0 Å². The summed E-state index contributed by atoms with van der Waals surface area (Å²) in [6.07, 6.45) is 9.94. The molecule has 0 fully saturated rings. The molecule has 0 bridgehead atoms. The first-order chi connectivity index (χ1) is 10.3. The molecular formula is C18H34O4. The van der Waals surface area contributed by atoms with Crippen LogP contribution in [0.3, 0.4) is 0 Å². The summed E-state index contributed by atoms with van der Waals surface area (Å²) in [5.74, 6) is -0.803. The molecule has 0 saturated carbocycles. The molecule has 0 aliphatic heterocycles. The SMILES string of the molecule is CC(C)(C)OCCCCCCCCCCC(=O)CCC(=O)O. The van der Waals surface area contributed by atoms with Gasteiger partial charge in [0.2, 0.25) is 0 Å². The third-order valence-electron chi connectivity index (χ3n) is 3.50. The largest absolute Gasteiger partial charge is 0.481 e. The lowest BCUT2D eigenvalue weighted by atomic mass is 10.0. The van der Waals surface area contributed by atoms with Crippen LogP contribution in [0.15, 0.2) is 0 Å². The lowest BCUT2D eigenvalue weighted by Crippen LogP contribution is -2.19. The van der Waals surface area contributed by atoms with Crippen LogP contribution in [0.4, 0.5) is 0 Å². The first-order valence-corrected chi connectivity index (χ1v) is 8.69. The van der Waals surface area contributed by atoms with Crippen LogP contribution in [0.25, 0.3) is 0 Å². The third-order valence-corrected chi connectivity index (χ3v) is 3.50. The zero-order chi connectivity index (χ0) is 16.8. The smallest absolute Gasteiger partial charge is 0.303 e. The van der Waals surface area contributed by atoms with Gasteiger partial charge in [0, 0.05) is 19.4 Å². The Morgan fingerprint density at radius 2 is 1.27 bits per heavy atom. The van der Waals surface area contributed by atoms with E-state index in [4.69, 9.17) is 9.84 Å². The van der Waals surface area contributed by atoms with Crippen molar-refractivity contribution in [2.75, 3.05) is 6.61 Å². The Labute approximate surface area is 135 Å². The van der Waals surface area contributed by atoms with E-state index in [2.05, 4.69) is 20.8 Å². The van der Waals surface area contributed by atoms with Gasteiger partial charge in [0.25, 0.3) is 0 Å². The Morgan fingerprint density at radius 1 is 0.773 bits per heavy atom. The molecule has 0 aromatic heterocycles. The van der Waals surface area contributed by atoms with Crippen molar-refractivity contribution < 1.29 is 19.4 Å². The number of Topliss-reactive ketones (excluding diaryl/α,β-unsaturated/α-hetero) is 1. The predicted molar refractivity (Wildman–Crippen MR) is 89.1 cm³/mol. The Bertz CT molecular complexity index is 305. The molecule has 130 valence electrons. The van der Waals surface area contributed by atoms with Crippen LogP contribution >= 0.6 is 0 Å². The van der Waals surface area contributed by atoms with Gasteiger partial charge in [-0.1, -0.05) is 38.5 Å². The molecule has 0 spiro atoms. The fourth-order valence-electron chi connectivity index (χ4n) is 2.23. The van der Waals surface area contributed by atoms with Crippen molar-refractivity contribution in [3.05, 3.63) is 0 Å². The average molecular weight is 314 g/mol. The predicted octanol–water partition coefficient (Wildman–Crippen LogP) is 4.75. The van der Waals surface area contributed by atoms with E-state index in [0.29, 0.717) is 6.42 Å². The molecule has 0 aliphatic carbocycles. The number of hydrogen-bond donors (Lipinski definition) is 1. The number of ether oxygens (including phenoxy) is 1. The fraction of sp³-hybridized carbons (Fsp3) is 0.889. The van der Waals surface area contributed by atoms with Gasteiger partial charge in [-0.25, -0.2) is 0 Å². The highest BCUT2D eigenvalue weighted by Crippen LogP contribution is 2.12. The van der Waals surface area contributed by atoms with E-state index < -0.39 is 5.97 Å². The Hall–Kier alpha value is -0.900. The van der Waals surface area contributed by atoms with E-state index in [1.165, 1.54) is 32.1 Å². The Balaban J connectivity index is 3.20. The van der Waals surface area contributed by atoms with Gasteiger partial charge >= 0.3 is 5.97 Å². The van der Waals surface area contributed by atoms with Gasteiger partial charge in [-0.3, -0.25) is 9.59 Å². The number of rotatable bonds is 14. The number of carboxylic acids is 1. The quantitative estimate of drug-likeness (QED) is 0.470. The van der Waals surface area contributed by atoms with Crippen LogP contribution in [-0.2, 0) is 14.3 Å². The molecule has 0 radical (unpaired) electrons. The molecule has 0 rings (SSSR count). The van der Waals surface area contributed by atoms with Crippen LogP contribution in [0, 0.1) is 0 Å². The zero-order valence-corrected chi connectivity index (χ0v) is 14.7. The van der Waals surface area contributed by atoms with Crippen molar-refractivity contribution >= 4 is 11.8 Å². The van der Waals surface area contributed by atoms with E-state index in [1.54, 1.807) is 0 Å². The van der Waals surface area contributed by atoms with Crippen LogP contribution in [0.2, 0.25) is 0 Å². The lowest BCUT2D eigenvalue weighted by Gasteiger charge is -2.19. The van der Waals surface area contributed by atoms with Crippen LogP contribution < -0.4 is 0 Å². The standard InChI is InChI=1S/C18H34O4/c1-18(2,3)22-15-11-9-7-5-4-6-8-10-12-16(19)13-14-17(20)21/h4-15H2,1-3H3,(H,20,21). The van der Waals surface area contributed by atoms with Crippen LogP contribution in [0.5, 0.6) is 0 Å². The highest BCUT2D eigenvalue weighted by Gasteiger charge is 2.08. The second kappa shape index (κ2) is 12.6. The highest BCUT2D eigenvalue weighted by atomic mass is 16.5. The van der Waals surface area contributed by atoms with E-state index in [0.717, 1.165) is 25.9 Å². The molecule has 0 amide bonds. The number of aliphatic carboxylic acids is 1.